The van der Waals surface area contributed by atoms with Gasteiger partial charge in [-0.05, 0) is 67.9 Å². The number of hydrogen-bond donors (Lipinski definition) is 1. The number of nitrogens with one attached hydrogen (secondary N) is 1. The third-order valence-corrected chi connectivity index (χ3v) is 5.05. The lowest BCUT2D eigenvalue weighted by atomic mass is 10.1. The van der Waals surface area contributed by atoms with Crippen LogP contribution in [-0.2, 0) is 6.54 Å². The van der Waals surface area contributed by atoms with Gasteiger partial charge in [0.25, 0.3) is 5.91 Å². The van der Waals surface area contributed by atoms with E-state index >= 15 is 0 Å². The molecule has 18 heavy (non-hydrogen) atoms. The normalized spacial score (nSPS) is 10.4. The first kappa shape index (κ1) is 13.8. The highest BCUT2D eigenvalue weighted by molar-refractivity contribution is 9.10. The van der Waals surface area contributed by atoms with Crippen LogP contribution >= 0.6 is 43.2 Å². The molecule has 0 atom stereocenters. The molecule has 0 unspecified atom stereocenters. The molecular formula is C13H11Br2NOS. The molecule has 1 N–H and O–H groups in total. The van der Waals surface area contributed by atoms with Gasteiger partial charge < -0.3 is 5.32 Å². The number of hydrogen-bond acceptors (Lipinski definition) is 2. The number of halogens is 2. The van der Waals surface area contributed by atoms with Crippen LogP contribution in [0.25, 0.3) is 0 Å². The lowest BCUT2D eigenvalue weighted by molar-refractivity contribution is 0.0950. The molecule has 0 saturated heterocycles. The number of aryl methyl sites for hydroxylation is 1. The summed E-state index contributed by atoms with van der Waals surface area (Å²) in [5.74, 6) is -0.0674. The van der Waals surface area contributed by atoms with Gasteiger partial charge in [0.15, 0.2) is 0 Å². The van der Waals surface area contributed by atoms with Crippen LogP contribution in [0.4, 0.5) is 0 Å². The highest BCUT2D eigenvalue weighted by atomic mass is 79.9. The van der Waals surface area contributed by atoms with Crippen LogP contribution in [0, 0.1) is 6.92 Å². The van der Waals surface area contributed by atoms with Crippen molar-refractivity contribution in [1.82, 2.24) is 5.32 Å². The highest BCUT2D eigenvalue weighted by Gasteiger charge is 2.10. The monoisotopic (exact) mass is 387 g/mol. The minimum atomic E-state index is -0.0674. The number of benzene rings is 1. The molecule has 5 heteroatoms. The van der Waals surface area contributed by atoms with Crippen molar-refractivity contribution in [3.8, 4) is 0 Å². The Bertz CT molecular complexity index is 580. The Labute approximate surface area is 127 Å². The zero-order chi connectivity index (χ0) is 13.1. The van der Waals surface area contributed by atoms with E-state index in [-0.39, 0.29) is 5.91 Å². The number of carbonyl (C=O) groups is 1. The molecule has 0 fully saturated rings. The van der Waals surface area contributed by atoms with Gasteiger partial charge in [-0.25, -0.2) is 0 Å². The van der Waals surface area contributed by atoms with Crippen molar-refractivity contribution in [3.63, 3.8) is 0 Å². The van der Waals surface area contributed by atoms with Crippen LogP contribution in [0.15, 0.2) is 38.6 Å². The highest BCUT2D eigenvalue weighted by Crippen LogP contribution is 2.23. The summed E-state index contributed by atoms with van der Waals surface area (Å²) in [6.45, 7) is 2.53. The molecule has 2 rings (SSSR count). The van der Waals surface area contributed by atoms with Crippen molar-refractivity contribution >= 4 is 49.1 Å². The fourth-order valence-electron chi connectivity index (χ4n) is 1.51. The zero-order valence-electron chi connectivity index (χ0n) is 9.67. The lowest BCUT2D eigenvalue weighted by Crippen LogP contribution is -2.22. The van der Waals surface area contributed by atoms with Gasteiger partial charge in [0.2, 0.25) is 0 Å². The largest absolute Gasteiger partial charge is 0.347 e. The van der Waals surface area contributed by atoms with E-state index in [1.54, 1.807) is 11.3 Å². The van der Waals surface area contributed by atoms with Gasteiger partial charge in [0, 0.05) is 13.8 Å². The molecule has 1 amide bonds. The number of amides is 1. The van der Waals surface area contributed by atoms with Gasteiger partial charge in [-0.2, -0.15) is 0 Å². The van der Waals surface area contributed by atoms with Crippen LogP contribution in [0.5, 0.6) is 0 Å². The first-order valence-corrected chi connectivity index (χ1v) is 7.80. The topological polar surface area (TPSA) is 29.1 Å². The predicted molar refractivity (Wildman–Crippen MR) is 82.1 cm³/mol. The maximum atomic E-state index is 12.0. The fraction of sp³-hybridized carbons (Fsp3) is 0.154. The SMILES string of the molecule is Cc1ccc(C(=O)NCc2sccc2Br)c(Br)c1. The summed E-state index contributed by atoms with van der Waals surface area (Å²) >= 11 is 8.48. The molecule has 0 aliphatic carbocycles. The quantitative estimate of drug-likeness (QED) is 0.823. The molecule has 1 aromatic carbocycles. The first-order valence-electron chi connectivity index (χ1n) is 5.34. The third-order valence-electron chi connectivity index (χ3n) is 2.47. The van der Waals surface area contributed by atoms with E-state index in [9.17, 15) is 4.79 Å². The van der Waals surface area contributed by atoms with E-state index < -0.39 is 0 Å². The van der Waals surface area contributed by atoms with Crippen molar-refractivity contribution < 1.29 is 4.79 Å². The molecule has 0 bridgehead atoms. The smallest absolute Gasteiger partial charge is 0.252 e. The van der Waals surface area contributed by atoms with Crippen LogP contribution in [-0.4, -0.2) is 5.91 Å². The van der Waals surface area contributed by atoms with E-state index in [1.165, 1.54) is 0 Å². The van der Waals surface area contributed by atoms with Crippen LogP contribution < -0.4 is 5.32 Å². The van der Waals surface area contributed by atoms with Crippen LogP contribution in [0.2, 0.25) is 0 Å². The zero-order valence-corrected chi connectivity index (χ0v) is 13.7. The molecule has 0 radical (unpaired) electrons. The minimum Gasteiger partial charge on any atom is -0.347 e. The second-order valence-corrected chi connectivity index (χ2v) is 6.57. The molecule has 1 aromatic heterocycles. The van der Waals surface area contributed by atoms with Gasteiger partial charge in [0.05, 0.1) is 12.1 Å². The van der Waals surface area contributed by atoms with Crippen LogP contribution in [0.1, 0.15) is 20.8 Å². The Morgan fingerprint density at radius 3 is 2.67 bits per heavy atom. The molecule has 1 heterocycles. The average Bonchev–Trinajstić information content (AvgIpc) is 2.72. The molecule has 2 aromatic rings. The van der Waals surface area contributed by atoms with Crippen LogP contribution in [0.3, 0.4) is 0 Å². The minimum absolute atomic E-state index is 0.0674. The molecule has 0 aliphatic heterocycles. The molecule has 2 nitrogen and oxygen atoms in total. The molecule has 94 valence electrons. The summed E-state index contributed by atoms with van der Waals surface area (Å²) in [6, 6.07) is 7.68. The number of thiophene rings is 1. The van der Waals surface area contributed by atoms with E-state index in [1.807, 2.05) is 36.6 Å². The van der Waals surface area contributed by atoms with Crippen molar-refractivity contribution in [2.45, 2.75) is 13.5 Å². The number of rotatable bonds is 3. The summed E-state index contributed by atoms with van der Waals surface area (Å²) in [4.78, 5) is 13.1. The summed E-state index contributed by atoms with van der Waals surface area (Å²) in [7, 11) is 0. The summed E-state index contributed by atoms with van der Waals surface area (Å²) in [5.41, 5.74) is 1.78. The second-order valence-electron chi connectivity index (χ2n) is 3.86. The van der Waals surface area contributed by atoms with E-state index in [2.05, 4.69) is 37.2 Å². The molecule has 0 aliphatic rings. The molecular weight excluding hydrogens is 378 g/mol. The van der Waals surface area contributed by atoms with Crippen molar-refractivity contribution in [3.05, 3.63) is 54.6 Å². The number of carbonyl (C=O) groups excluding carboxylic acids is 1. The van der Waals surface area contributed by atoms with E-state index in [0.29, 0.717) is 12.1 Å². The van der Waals surface area contributed by atoms with Crippen molar-refractivity contribution in [2.24, 2.45) is 0 Å². The standard InChI is InChI=1S/C13H11Br2NOS/c1-8-2-3-9(11(15)6-8)13(17)16-7-12-10(14)4-5-18-12/h2-6H,7H2,1H3,(H,16,17). The average molecular weight is 389 g/mol. The summed E-state index contributed by atoms with van der Waals surface area (Å²) in [6.07, 6.45) is 0. The fourth-order valence-corrected chi connectivity index (χ4v) is 3.62. The Hall–Kier alpha value is -0.650. The first-order chi connectivity index (χ1) is 8.58. The summed E-state index contributed by atoms with van der Waals surface area (Å²) < 4.78 is 1.86. The maximum Gasteiger partial charge on any atom is 0.252 e. The predicted octanol–water partition coefficient (Wildman–Crippen LogP) is 4.51. The van der Waals surface area contributed by atoms with Crippen molar-refractivity contribution in [2.75, 3.05) is 0 Å². The van der Waals surface area contributed by atoms with Crippen molar-refractivity contribution in [1.29, 1.82) is 0 Å². The second kappa shape index (κ2) is 5.99. The Balaban J connectivity index is 2.06. The maximum absolute atomic E-state index is 12.0. The van der Waals surface area contributed by atoms with Gasteiger partial charge >= 0.3 is 0 Å². The van der Waals surface area contributed by atoms with Gasteiger partial charge in [0.1, 0.15) is 0 Å². The molecule has 0 spiro atoms. The van der Waals surface area contributed by atoms with Gasteiger partial charge in [-0.1, -0.05) is 6.07 Å². The van der Waals surface area contributed by atoms with E-state index in [0.717, 1.165) is 19.4 Å². The summed E-state index contributed by atoms with van der Waals surface area (Å²) in [5, 5.41) is 4.91. The Morgan fingerprint density at radius 2 is 2.06 bits per heavy atom. The molecule has 0 saturated carbocycles. The van der Waals surface area contributed by atoms with E-state index in [4.69, 9.17) is 0 Å². The third kappa shape index (κ3) is 3.22. The van der Waals surface area contributed by atoms with Gasteiger partial charge in [-0.3, -0.25) is 4.79 Å². The Kier molecular flexibility index (Phi) is 4.59. The van der Waals surface area contributed by atoms with Gasteiger partial charge in [-0.15, -0.1) is 11.3 Å². The lowest BCUT2D eigenvalue weighted by Gasteiger charge is -2.07. The Morgan fingerprint density at radius 1 is 1.28 bits per heavy atom.